The lowest BCUT2D eigenvalue weighted by molar-refractivity contribution is -0.140. The molecule has 2 aromatic heterocycles. The molecule has 0 aliphatic carbocycles. The number of carbonyl (C=O) groups excluding carboxylic acids is 1. The molecule has 4 rings (SSSR count). The highest BCUT2D eigenvalue weighted by atomic mass is 16.4. The molecule has 7 nitrogen and oxygen atoms in total. The minimum absolute atomic E-state index is 0.131. The van der Waals surface area contributed by atoms with E-state index in [4.69, 9.17) is 0 Å². The number of fused-ring (bicyclic) bond motifs is 1. The van der Waals surface area contributed by atoms with Gasteiger partial charge in [0.1, 0.15) is 5.92 Å². The predicted molar refractivity (Wildman–Crippen MR) is 98.2 cm³/mol. The van der Waals surface area contributed by atoms with Crippen LogP contribution in [0.2, 0.25) is 0 Å². The number of nitrogens with one attached hydrogen (secondary N) is 1. The number of amides is 1. The average Bonchev–Trinajstić information content (AvgIpc) is 3.36. The van der Waals surface area contributed by atoms with Gasteiger partial charge in [-0.2, -0.15) is 0 Å². The Bertz CT molecular complexity index is 934. The number of aryl methyl sites for hydroxylation is 1. The number of benzene rings is 1. The molecule has 0 spiro atoms. The summed E-state index contributed by atoms with van der Waals surface area (Å²) < 4.78 is 1.95. The van der Waals surface area contributed by atoms with E-state index >= 15 is 0 Å². The van der Waals surface area contributed by atoms with Crippen molar-refractivity contribution in [3.05, 3.63) is 78.1 Å². The SMILES string of the molecule is O=C(O)C1c2ccccc2C(=O)N(CCCn2ccnc2)C1c1ccc[nH]1. The Labute approximate surface area is 156 Å². The van der Waals surface area contributed by atoms with Crippen molar-refractivity contribution < 1.29 is 14.7 Å². The van der Waals surface area contributed by atoms with Gasteiger partial charge in [-0.1, -0.05) is 18.2 Å². The van der Waals surface area contributed by atoms with E-state index in [1.807, 2.05) is 22.9 Å². The number of aliphatic carboxylic acids is 1. The monoisotopic (exact) mass is 364 g/mol. The van der Waals surface area contributed by atoms with Crippen LogP contribution < -0.4 is 0 Å². The molecule has 0 saturated carbocycles. The first kappa shape index (κ1) is 17.1. The van der Waals surface area contributed by atoms with E-state index in [-0.39, 0.29) is 5.91 Å². The van der Waals surface area contributed by atoms with Gasteiger partial charge in [0.25, 0.3) is 5.91 Å². The summed E-state index contributed by atoms with van der Waals surface area (Å²) in [5, 5.41) is 9.97. The largest absolute Gasteiger partial charge is 0.481 e. The molecule has 0 radical (unpaired) electrons. The summed E-state index contributed by atoms with van der Waals surface area (Å²) in [5.74, 6) is -1.88. The topological polar surface area (TPSA) is 91.2 Å². The van der Waals surface area contributed by atoms with Crippen molar-refractivity contribution in [2.45, 2.75) is 24.9 Å². The Hall–Kier alpha value is -3.35. The highest BCUT2D eigenvalue weighted by molar-refractivity contribution is 6.00. The molecule has 7 heteroatoms. The maximum Gasteiger partial charge on any atom is 0.313 e. The second-order valence-corrected chi connectivity index (χ2v) is 6.63. The van der Waals surface area contributed by atoms with Crippen molar-refractivity contribution in [1.82, 2.24) is 19.4 Å². The number of imidazole rings is 1. The maximum absolute atomic E-state index is 13.2. The molecule has 2 unspecified atom stereocenters. The Morgan fingerprint density at radius 2 is 2.04 bits per heavy atom. The molecule has 3 aromatic rings. The van der Waals surface area contributed by atoms with Crippen molar-refractivity contribution in [2.24, 2.45) is 0 Å². The molecule has 138 valence electrons. The van der Waals surface area contributed by atoms with E-state index in [1.54, 1.807) is 47.9 Å². The Kier molecular flexibility index (Phi) is 4.50. The number of carboxylic acids is 1. The minimum Gasteiger partial charge on any atom is -0.481 e. The zero-order chi connectivity index (χ0) is 18.8. The molecule has 0 bridgehead atoms. The van der Waals surface area contributed by atoms with E-state index in [1.165, 1.54) is 0 Å². The maximum atomic E-state index is 13.2. The fourth-order valence-electron chi connectivity index (χ4n) is 3.82. The van der Waals surface area contributed by atoms with Gasteiger partial charge in [-0.15, -0.1) is 0 Å². The zero-order valence-corrected chi connectivity index (χ0v) is 14.7. The molecule has 1 amide bonds. The van der Waals surface area contributed by atoms with Crippen molar-refractivity contribution in [2.75, 3.05) is 6.54 Å². The van der Waals surface area contributed by atoms with Crippen LogP contribution in [0.1, 0.15) is 40.0 Å². The molecule has 3 heterocycles. The van der Waals surface area contributed by atoms with Crippen molar-refractivity contribution in [3.8, 4) is 0 Å². The lowest BCUT2D eigenvalue weighted by atomic mass is 9.81. The third-order valence-electron chi connectivity index (χ3n) is 5.02. The van der Waals surface area contributed by atoms with Crippen LogP contribution in [0.5, 0.6) is 0 Å². The normalized spacial score (nSPS) is 19.1. The van der Waals surface area contributed by atoms with E-state index in [0.717, 1.165) is 5.69 Å². The second-order valence-electron chi connectivity index (χ2n) is 6.63. The molecule has 0 fully saturated rings. The van der Waals surface area contributed by atoms with Crippen LogP contribution in [0, 0.1) is 0 Å². The lowest BCUT2D eigenvalue weighted by Crippen LogP contribution is -2.45. The highest BCUT2D eigenvalue weighted by Crippen LogP contribution is 2.42. The first-order chi connectivity index (χ1) is 13.2. The summed E-state index contributed by atoms with van der Waals surface area (Å²) in [4.78, 5) is 34.2. The summed E-state index contributed by atoms with van der Waals surface area (Å²) in [7, 11) is 0. The van der Waals surface area contributed by atoms with Crippen LogP contribution >= 0.6 is 0 Å². The fourth-order valence-corrected chi connectivity index (χ4v) is 3.82. The Morgan fingerprint density at radius 3 is 2.74 bits per heavy atom. The summed E-state index contributed by atoms with van der Waals surface area (Å²) in [6.45, 7) is 1.17. The van der Waals surface area contributed by atoms with Gasteiger partial charge in [-0.05, 0) is 30.2 Å². The number of hydrogen-bond donors (Lipinski definition) is 2. The van der Waals surface area contributed by atoms with Crippen LogP contribution in [0.15, 0.2) is 61.3 Å². The summed E-state index contributed by atoms with van der Waals surface area (Å²) in [5.41, 5.74) is 1.77. The van der Waals surface area contributed by atoms with E-state index in [9.17, 15) is 14.7 Å². The fraction of sp³-hybridized carbons (Fsp3) is 0.250. The predicted octanol–water partition coefficient (Wildman–Crippen LogP) is 2.67. The van der Waals surface area contributed by atoms with Crippen LogP contribution in [0.25, 0.3) is 0 Å². The smallest absolute Gasteiger partial charge is 0.313 e. The van der Waals surface area contributed by atoms with Gasteiger partial charge in [0.2, 0.25) is 0 Å². The molecule has 2 atom stereocenters. The first-order valence-electron chi connectivity index (χ1n) is 8.88. The lowest BCUT2D eigenvalue weighted by Gasteiger charge is -2.40. The Balaban J connectivity index is 1.70. The molecule has 1 aliphatic heterocycles. The molecular formula is C20H20N4O3. The minimum atomic E-state index is -0.936. The summed E-state index contributed by atoms with van der Waals surface area (Å²) in [6, 6.07) is 10.1. The number of rotatable bonds is 6. The van der Waals surface area contributed by atoms with Crippen LogP contribution in [0.3, 0.4) is 0 Å². The number of carboxylic acid groups (broad SMARTS) is 1. The number of carbonyl (C=O) groups is 2. The second kappa shape index (κ2) is 7.11. The van der Waals surface area contributed by atoms with Gasteiger partial charge in [0, 0.05) is 42.9 Å². The average molecular weight is 364 g/mol. The number of H-pyrrole nitrogens is 1. The number of nitrogens with zero attached hydrogens (tertiary/aromatic N) is 3. The standard InChI is InChI=1S/C20H20N4O3/c25-19-15-6-2-1-5-14(15)17(20(26)27)18(16-7-3-8-22-16)24(19)11-4-10-23-12-9-21-13-23/h1-3,5-9,12-13,17-18,22H,4,10-11H2,(H,26,27). The molecule has 0 saturated heterocycles. The molecule has 1 aromatic carbocycles. The van der Waals surface area contributed by atoms with Gasteiger partial charge in [0.05, 0.1) is 12.4 Å². The number of aromatic amines is 1. The van der Waals surface area contributed by atoms with Crippen LogP contribution in [0.4, 0.5) is 0 Å². The third-order valence-corrected chi connectivity index (χ3v) is 5.02. The van der Waals surface area contributed by atoms with E-state index < -0.39 is 17.9 Å². The summed E-state index contributed by atoms with van der Waals surface area (Å²) in [6.07, 6.45) is 7.77. The van der Waals surface area contributed by atoms with Crippen molar-refractivity contribution >= 4 is 11.9 Å². The third kappa shape index (κ3) is 3.12. The van der Waals surface area contributed by atoms with Gasteiger partial charge >= 0.3 is 5.97 Å². The first-order valence-corrected chi connectivity index (χ1v) is 8.88. The number of hydrogen-bond acceptors (Lipinski definition) is 3. The number of aromatic nitrogens is 3. The van der Waals surface area contributed by atoms with Crippen molar-refractivity contribution in [1.29, 1.82) is 0 Å². The van der Waals surface area contributed by atoms with Crippen LogP contribution in [-0.4, -0.2) is 43.0 Å². The molecule has 1 aliphatic rings. The molecule has 27 heavy (non-hydrogen) atoms. The highest BCUT2D eigenvalue weighted by Gasteiger charge is 2.44. The molecule has 2 N–H and O–H groups in total. The van der Waals surface area contributed by atoms with Gasteiger partial charge in [-0.25, -0.2) is 4.98 Å². The molecular weight excluding hydrogens is 344 g/mol. The van der Waals surface area contributed by atoms with E-state index in [2.05, 4.69) is 9.97 Å². The zero-order valence-electron chi connectivity index (χ0n) is 14.7. The van der Waals surface area contributed by atoms with Gasteiger partial charge in [-0.3, -0.25) is 9.59 Å². The van der Waals surface area contributed by atoms with Gasteiger partial charge in [0.15, 0.2) is 0 Å². The van der Waals surface area contributed by atoms with Gasteiger partial charge < -0.3 is 19.6 Å². The van der Waals surface area contributed by atoms with Crippen LogP contribution in [-0.2, 0) is 11.3 Å². The van der Waals surface area contributed by atoms with E-state index in [0.29, 0.717) is 30.6 Å². The summed E-state index contributed by atoms with van der Waals surface area (Å²) >= 11 is 0. The quantitative estimate of drug-likeness (QED) is 0.703. The van der Waals surface area contributed by atoms with Crippen molar-refractivity contribution in [3.63, 3.8) is 0 Å². The Morgan fingerprint density at radius 1 is 1.19 bits per heavy atom.